The van der Waals surface area contributed by atoms with E-state index >= 15 is 0 Å². The van der Waals surface area contributed by atoms with Crippen molar-refractivity contribution in [3.05, 3.63) is 58.7 Å². The van der Waals surface area contributed by atoms with Crippen molar-refractivity contribution in [1.29, 1.82) is 0 Å². The molecule has 2 aromatic carbocycles. The number of carbonyl (C=O) groups is 3. The zero-order chi connectivity index (χ0) is 27.5. The second-order valence-corrected chi connectivity index (χ2v) is 10.9. The fourth-order valence-corrected chi connectivity index (χ4v) is 5.93. The smallest absolute Gasteiger partial charge is 0.163 e. The first-order chi connectivity index (χ1) is 17.7. The van der Waals surface area contributed by atoms with Crippen molar-refractivity contribution in [3.63, 3.8) is 0 Å². The second kappa shape index (κ2) is 15.0. The Kier molecular flexibility index (Phi) is 12.4. The number of rotatable bonds is 11. The van der Waals surface area contributed by atoms with E-state index in [0.29, 0.717) is 6.42 Å². The predicted molar refractivity (Wildman–Crippen MR) is 155 cm³/mol. The Labute approximate surface area is 225 Å². The Hall–Kier alpha value is -2.55. The zero-order valence-electron chi connectivity index (χ0n) is 24.3. The van der Waals surface area contributed by atoms with Crippen molar-refractivity contribution in [2.45, 2.75) is 106 Å². The van der Waals surface area contributed by atoms with Gasteiger partial charge in [-0.05, 0) is 79.2 Å². The zero-order valence-corrected chi connectivity index (χ0v) is 24.3. The Morgan fingerprint density at radius 1 is 0.946 bits per heavy atom. The van der Waals surface area contributed by atoms with Crippen LogP contribution in [-0.4, -0.2) is 17.3 Å². The van der Waals surface area contributed by atoms with Crippen LogP contribution in [0.4, 0.5) is 0 Å². The molecule has 0 spiro atoms. The van der Waals surface area contributed by atoms with Gasteiger partial charge in [0.1, 0.15) is 11.6 Å². The molecular weight excluding hydrogens is 456 g/mol. The molecular formula is C34H48O3. The van der Waals surface area contributed by atoms with Gasteiger partial charge in [-0.3, -0.25) is 14.4 Å². The fraction of sp³-hybridized carbons (Fsp3) is 0.559. The summed E-state index contributed by atoms with van der Waals surface area (Å²) in [6.45, 7) is 14.1. The molecule has 3 rings (SSSR count). The predicted octanol–water partition coefficient (Wildman–Crippen LogP) is 8.77. The van der Waals surface area contributed by atoms with E-state index in [1.807, 2.05) is 13.8 Å². The molecule has 0 aliphatic heterocycles. The summed E-state index contributed by atoms with van der Waals surface area (Å²) in [5.41, 5.74) is 6.76. The highest BCUT2D eigenvalue weighted by Crippen LogP contribution is 2.40. The third kappa shape index (κ3) is 8.22. The average Bonchev–Trinajstić information content (AvgIpc) is 2.85. The van der Waals surface area contributed by atoms with Gasteiger partial charge in [-0.2, -0.15) is 0 Å². The van der Waals surface area contributed by atoms with Crippen LogP contribution in [0.2, 0.25) is 0 Å². The van der Waals surface area contributed by atoms with Crippen LogP contribution in [0.3, 0.4) is 0 Å². The van der Waals surface area contributed by atoms with Gasteiger partial charge in [0.2, 0.25) is 0 Å². The lowest BCUT2D eigenvalue weighted by atomic mass is 9.71. The second-order valence-electron chi connectivity index (χ2n) is 10.9. The number of ketones is 3. The Morgan fingerprint density at radius 3 is 2.14 bits per heavy atom. The van der Waals surface area contributed by atoms with E-state index in [2.05, 4.69) is 64.1 Å². The number of benzene rings is 2. The molecule has 3 unspecified atom stereocenters. The van der Waals surface area contributed by atoms with Gasteiger partial charge in [-0.15, -0.1) is 0 Å². The van der Waals surface area contributed by atoms with Gasteiger partial charge in [0.15, 0.2) is 5.78 Å². The summed E-state index contributed by atoms with van der Waals surface area (Å²) in [6.07, 6.45) is 7.27. The quantitative estimate of drug-likeness (QED) is 0.287. The molecule has 3 nitrogen and oxygen atoms in total. The van der Waals surface area contributed by atoms with E-state index in [9.17, 15) is 14.4 Å². The van der Waals surface area contributed by atoms with Gasteiger partial charge in [0.25, 0.3) is 0 Å². The summed E-state index contributed by atoms with van der Waals surface area (Å²) in [4.78, 5) is 37.8. The first-order valence-corrected chi connectivity index (χ1v) is 14.5. The Morgan fingerprint density at radius 2 is 1.59 bits per heavy atom. The molecule has 0 heterocycles. The molecule has 0 fully saturated rings. The number of hydrogen-bond donors (Lipinski definition) is 0. The molecule has 1 aliphatic rings. The molecule has 0 N–H and O–H groups in total. The molecule has 0 radical (unpaired) electrons. The summed E-state index contributed by atoms with van der Waals surface area (Å²) in [7, 11) is 0. The lowest BCUT2D eigenvalue weighted by Crippen LogP contribution is -2.30. The Bertz CT molecular complexity index is 1050. The molecule has 0 aromatic heterocycles. The molecule has 37 heavy (non-hydrogen) atoms. The van der Waals surface area contributed by atoms with Gasteiger partial charge >= 0.3 is 0 Å². The van der Waals surface area contributed by atoms with E-state index < -0.39 is 0 Å². The van der Waals surface area contributed by atoms with Crippen LogP contribution >= 0.6 is 0 Å². The van der Waals surface area contributed by atoms with Crippen LogP contribution in [0.5, 0.6) is 0 Å². The third-order valence-electron chi connectivity index (χ3n) is 7.58. The highest BCUT2D eigenvalue weighted by Gasteiger charge is 2.33. The first kappa shape index (κ1) is 30.7. The van der Waals surface area contributed by atoms with Crippen molar-refractivity contribution in [1.82, 2.24) is 0 Å². The maximum atomic E-state index is 13.3. The molecule has 3 atom stereocenters. The van der Waals surface area contributed by atoms with Crippen LogP contribution < -0.4 is 0 Å². The van der Waals surface area contributed by atoms with Crippen molar-refractivity contribution < 1.29 is 14.4 Å². The van der Waals surface area contributed by atoms with Gasteiger partial charge in [-0.25, -0.2) is 0 Å². The summed E-state index contributed by atoms with van der Waals surface area (Å²) in [6, 6.07) is 12.9. The minimum absolute atomic E-state index is 0.0300. The SMILES string of the molecule is CCC.CCCC(CC1CC(=O)c2c(C)ccc(-c3ccc(CC)cc3)c2C1)C(CC)C(=O)CC(C)=O. The van der Waals surface area contributed by atoms with Crippen LogP contribution in [-0.2, 0) is 22.4 Å². The van der Waals surface area contributed by atoms with E-state index in [-0.39, 0.29) is 41.5 Å². The largest absolute Gasteiger partial charge is 0.300 e. The van der Waals surface area contributed by atoms with Crippen molar-refractivity contribution in [2.75, 3.05) is 0 Å². The van der Waals surface area contributed by atoms with Crippen LogP contribution in [0.25, 0.3) is 11.1 Å². The van der Waals surface area contributed by atoms with E-state index in [0.717, 1.165) is 60.8 Å². The van der Waals surface area contributed by atoms with Gasteiger partial charge in [0.05, 0.1) is 6.42 Å². The summed E-state index contributed by atoms with van der Waals surface area (Å²) in [5, 5.41) is 0. The lowest BCUT2D eigenvalue weighted by molar-refractivity contribution is -0.129. The minimum Gasteiger partial charge on any atom is -0.300 e. The number of Topliss-reactive ketones (excluding diaryl/α,β-unsaturated/α-hetero) is 3. The van der Waals surface area contributed by atoms with Gasteiger partial charge in [-0.1, -0.05) is 90.3 Å². The third-order valence-corrected chi connectivity index (χ3v) is 7.58. The van der Waals surface area contributed by atoms with Crippen molar-refractivity contribution in [2.24, 2.45) is 17.8 Å². The molecule has 0 amide bonds. The van der Waals surface area contributed by atoms with Gasteiger partial charge in [0, 0.05) is 17.9 Å². The van der Waals surface area contributed by atoms with Crippen LogP contribution in [0.1, 0.15) is 114 Å². The lowest BCUT2D eigenvalue weighted by Gasteiger charge is -2.32. The van der Waals surface area contributed by atoms with E-state index in [4.69, 9.17) is 0 Å². The van der Waals surface area contributed by atoms with Crippen LogP contribution in [0.15, 0.2) is 36.4 Å². The molecule has 202 valence electrons. The van der Waals surface area contributed by atoms with Crippen LogP contribution in [0, 0.1) is 24.7 Å². The molecule has 0 saturated carbocycles. The molecule has 1 aliphatic carbocycles. The average molecular weight is 505 g/mol. The number of aryl methyl sites for hydroxylation is 2. The molecule has 0 saturated heterocycles. The minimum atomic E-state index is -0.0982. The number of carbonyl (C=O) groups excluding carboxylic acids is 3. The maximum absolute atomic E-state index is 13.3. The molecule has 0 bridgehead atoms. The van der Waals surface area contributed by atoms with Gasteiger partial charge < -0.3 is 0 Å². The number of hydrogen-bond acceptors (Lipinski definition) is 3. The van der Waals surface area contributed by atoms with Crippen molar-refractivity contribution >= 4 is 17.3 Å². The number of fused-ring (bicyclic) bond motifs is 1. The summed E-state index contributed by atoms with van der Waals surface area (Å²) < 4.78 is 0. The Balaban J connectivity index is 0.00000153. The summed E-state index contributed by atoms with van der Waals surface area (Å²) in [5.74, 6) is 0.593. The maximum Gasteiger partial charge on any atom is 0.163 e. The van der Waals surface area contributed by atoms with E-state index in [1.165, 1.54) is 24.5 Å². The normalized spacial score (nSPS) is 16.3. The monoisotopic (exact) mass is 504 g/mol. The summed E-state index contributed by atoms with van der Waals surface area (Å²) >= 11 is 0. The molecule has 2 aromatic rings. The highest BCUT2D eigenvalue weighted by atomic mass is 16.1. The standard InChI is InChI=1S/C31H40O3.C3H8/c1-6-9-25(26(8-3)29(33)16-21(5)32)17-23-18-28-27(24-13-11-22(7-2)12-14-24)15-10-20(4)31(28)30(34)19-23;1-3-2/h10-15,23,25-26H,6-9,16-19H2,1-5H3;3H2,1-2H3. The van der Waals surface area contributed by atoms with Crippen molar-refractivity contribution in [3.8, 4) is 11.1 Å². The highest BCUT2D eigenvalue weighted by molar-refractivity contribution is 6.02. The topological polar surface area (TPSA) is 51.2 Å². The van der Waals surface area contributed by atoms with E-state index in [1.54, 1.807) is 0 Å². The molecule has 3 heteroatoms. The first-order valence-electron chi connectivity index (χ1n) is 14.5. The fourth-order valence-electron chi connectivity index (χ4n) is 5.93.